The summed E-state index contributed by atoms with van der Waals surface area (Å²) in [6.45, 7) is 1.74. The fourth-order valence-electron chi connectivity index (χ4n) is 2.05. The number of aromatic nitrogens is 4. The summed E-state index contributed by atoms with van der Waals surface area (Å²) in [6, 6.07) is 12.4. The van der Waals surface area contributed by atoms with Crippen LogP contribution in [-0.4, -0.2) is 32.7 Å². The second-order valence-electron chi connectivity index (χ2n) is 5.00. The molecule has 0 bridgehead atoms. The molecule has 0 aliphatic heterocycles. The molecule has 1 heterocycles. The monoisotopic (exact) mass is 343 g/mol. The van der Waals surface area contributed by atoms with Gasteiger partial charge in [0, 0.05) is 10.7 Å². The molecule has 0 aliphatic rings. The average Bonchev–Trinajstić information content (AvgIpc) is 3.12. The Morgan fingerprint density at radius 1 is 1.25 bits per heavy atom. The van der Waals surface area contributed by atoms with Crippen LogP contribution < -0.4 is 10.1 Å². The fourth-order valence-corrected chi connectivity index (χ4v) is 2.23. The number of benzene rings is 2. The Morgan fingerprint density at radius 3 is 2.75 bits per heavy atom. The van der Waals surface area contributed by atoms with Crippen LogP contribution in [0.1, 0.15) is 5.56 Å². The van der Waals surface area contributed by atoms with E-state index in [9.17, 15) is 4.79 Å². The second kappa shape index (κ2) is 7.10. The molecule has 122 valence electrons. The Bertz CT molecular complexity index is 834. The Morgan fingerprint density at radius 2 is 2.04 bits per heavy atom. The first-order valence-corrected chi connectivity index (χ1v) is 7.52. The second-order valence-corrected chi connectivity index (χ2v) is 5.40. The third-order valence-corrected chi connectivity index (χ3v) is 3.77. The number of rotatable bonds is 5. The number of hydrogen-bond acceptors (Lipinski definition) is 5. The molecule has 0 unspecified atom stereocenters. The highest BCUT2D eigenvalue weighted by Crippen LogP contribution is 2.23. The number of amides is 1. The van der Waals surface area contributed by atoms with Crippen molar-refractivity contribution < 1.29 is 9.53 Å². The number of halogens is 1. The van der Waals surface area contributed by atoms with E-state index in [4.69, 9.17) is 16.3 Å². The van der Waals surface area contributed by atoms with Crippen LogP contribution in [0.15, 0.2) is 48.8 Å². The maximum absolute atomic E-state index is 12.0. The van der Waals surface area contributed by atoms with E-state index in [1.807, 2.05) is 6.92 Å². The van der Waals surface area contributed by atoms with Crippen LogP contribution in [0.5, 0.6) is 5.75 Å². The molecule has 3 aromatic rings. The lowest BCUT2D eigenvalue weighted by Gasteiger charge is -2.10. The zero-order valence-corrected chi connectivity index (χ0v) is 13.6. The highest BCUT2D eigenvalue weighted by atomic mass is 35.5. The minimum atomic E-state index is -0.259. The predicted molar refractivity (Wildman–Crippen MR) is 89.5 cm³/mol. The average molecular weight is 344 g/mol. The summed E-state index contributed by atoms with van der Waals surface area (Å²) in [6.07, 6.45) is 1.50. The van der Waals surface area contributed by atoms with Gasteiger partial charge in [-0.15, -0.1) is 5.10 Å². The predicted octanol–water partition coefficient (Wildman–Crippen LogP) is 2.64. The third kappa shape index (κ3) is 3.69. The summed E-state index contributed by atoms with van der Waals surface area (Å²) in [4.78, 5) is 12.0. The Balaban J connectivity index is 1.57. The Kier molecular flexibility index (Phi) is 4.72. The summed E-state index contributed by atoms with van der Waals surface area (Å²) in [7, 11) is 0. The van der Waals surface area contributed by atoms with Crippen LogP contribution in [-0.2, 0) is 4.79 Å². The molecule has 24 heavy (non-hydrogen) atoms. The number of nitrogens with zero attached hydrogens (tertiary/aromatic N) is 4. The van der Waals surface area contributed by atoms with Crippen LogP contribution in [0, 0.1) is 6.92 Å². The minimum Gasteiger partial charge on any atom is -0.484 e. The maximum Gasteiger partial charge on any atom is 0.262 e. The van der Waals surface area contributed by atoms with E-state index in [1.165, 1.54) is 11.0 Å². The number of carbonyl (C=O) groups excluding carboxylic acids is 1. The smallest absolute Gasteiger partial charge is 0.262 e. The van der Waals surface area contributed by atoms with E-state index < -0.39 is 0 Å². The van der Waals surface area contributed by atoms with Crippen molar-refractivity contribution in [2.24, 2.45) is 0 Å². The first kappa shape index (κ1) is 15.9. The normalized spacial score (nSPS) is 10.4. The standard InChI is InChI=1S/C16H14ClN5O2/c1-11-14(17)3-2-4-15(11)19-16(23)9-24-13-7-5-12(6-8-13)22-10-18-20-21-22/h2-8,10H,9H2,1H3,(H,19,23). The quantitative estimate of drug-likeness (QED) is 0.770. The van der Waals surface area contributed by atoms with Crippen molar-refractivity contribution in [3.05, 3.63) is 59.4 Å². The van der Waals surface area contributed by atoms with E-state index >= 15 is 0 Å². The first-order chi connectivity index (χ1) is 11.6. The zero-order valence-electron chi connectivity index (χ0n) is 12.8. The molecule has 2 aromatic carbocycles. The highest BCUT2D eigenvalue weighted by molar-refractivity contribution is 6.31. The van der Waals surface area contributed by atoms with Crippen molar-refractivity contribution in [3.63, 3.8) is 0 Å². The van der Waals surface area contributed by atoms with Gasteiger partial charge in [0.15, 0.2) is 6.61 Å². The lowest BCUT2D eigenvalue weighted by molar-refractivity contribution is -0.118. The van der Waals surface area contributed by atoms with Gasteiger partial charge in [-0.05, 0) is 59.3 Å². The van der Waals surface area contributed by atoms with Gasteiger partial charge in [-0.2, -0.15) is 0 Å². The molecule has 0 fully saturated rings. The maximum atomic E-state index is 12.0. The highest BCUT2D eigenvalue weighted by Gasteiger charge is 2.08. The summed E-state index contributed by atoms with van der Waals surface area (Å²) >= 11 is 6.03. The van der Waals surface area contributed by atoms with Gasteiger partial charge in [0.2, 0.25) is 0 Å². The van der Waals surface area contributed by atoms with Gasteiger partial charge in [-0.3, -0.25) is 4.79 Å². The topological polar surface area (TPSA) is 81.9 Å². The third-order valence-electron chi connectivity index (χ3n) is 3.36. The van der Waals surface area contributed by atoms with Crippen LogP contribution in [0.25, 0.3) is 5.69 Å². The summed E-state index contributed by atoms with van der Waals surface area (Å²) in [5, 5.41) is 14.3. The number of nitrogens with one attached hydrogen (secondary N) is 1. The summed E-state index contributed by atoms with van der Waals surface area (Å²) in [5.74, 6) is 0.315. The molecule has 3 rings (SSSR count). The number of anilines is 1. The molecule has 7 nitrogen and oxygen atoms in total. The molecule has 0 aliphatic carbocycles. The van der Waals surface area contributed by atoms with Crippen molar-refractivity contribution in [2.45, 2.75) is 6.92 Å². The molecular weight excluding hydrogens is 330 g/mol. The molecule has 0 saturated carbocycles. The molecule has 0 radical (unpaired) electrons. The van der Waals surface area contributed by atoms with Crippen molar-refractivity contribution in [1.29, 1.82) is 0 Å². The SMILES string of the molecule is Cc1c(Cl)cccc1NC(=O)COc1ccc(-n2cnnn2)cc1. The van der Waals surface area contributed by atoms with Crippen LogP contribution in [0.3, 0.4) is 0 Å². The molecule has 1 aromatic heterocycles. The van der Waals surface area contributed by atoms with Crippen LogP contribution in [0.4, 0.5) is 5.69 Å². The minimum absolute atomic E-state index is 0.101. The molecule has 8 heteroatoms. The Labute approximate surface area is 143 Å². The number of carbonyl (C=O) groups is 1. The fraction of sp³-hybridized carbons (Fsp3) is 0.125. The van der Waals surface area contributed by atoms with Gasteiger partial charge < -0.3 is 10.1 Å². The van der Waals surface area contributed by atoms with E-state index in [-0.39, 0.29) is 12.5 Å². The molecule has 0 atom stereocenters. The van der Waals surface area contributed by atoms with Gasteiger partial charge in [0.05, 0.1) is 5.69 Å². The first-order valence-electron chi connectivity index (χ1n) is 7.14. The van der Waals surface area contributed by atoms with Gasteiger partial charge in [0.25, 0.3) is 5.91 Å². The van der Waals surface area contributed by atoms with Crippen molar-refractivity contribution in [1.82, 2.24) is 20.2 Å². The number of hydrogen-bond donors (Lipinski definition) is 1. The lowest BCUT2D eigenvalue weighted by atomic mass is 10.2. The van der Waals surface area contributed by atoms with E-state index in [1.54, 1.807) is 42.5 Å². The molecule has 0 saturated heterocycles. The molecule has 1 amide bonds. The van der Waals surface area contributed by atoms with Gasteiger partial charge in [-0.25, -0.2) is 4.68 Å². The molecule has 0 spiro atoms. The van der Waals surface area contributed by atoms with Crippen molar-refractivity contribution in [3.8, 4) is 11.4 Å². The molecular formula is C16H14ClN5O2. The van der Waals surface area contributed by atoms with Gasteiger partial charge >= 0.3 is 0 Å². The zero-order chi connectivity index (χ0) is 16.9. The summed E-state index contributed by atoms with van der Waals surface area (Å²) in [5.41, 5.74) is 2.29. The number of tetrazole rings is 1. The number of ether oxygens (including phenoxy) is 1. The summed E-state index contributed by atoms with van der Waals surface area (Å²) < 4.78 is 7.00. The van der Waals surface area contributed by atoms with Crippen molar-refractivity contribution >= 4 is 23.2 Å². The van der Waals surface area contributed by atoms with Gasteiger partial charge in [-0.1, -0.05) is 17.7 Å². The van der Waals surface area contributed by atoms with Gasteiger partial charge in [0.1, 0.15) is 12.1 Å². The molecule has 1 N–H and O–H groups in total. The van der Waals surface area contributed by atoms with Crippen molar-refractivity contribution in [2.75, 3.05) is 11.9 Å². The van der Waals surface area contributed by atoms with E-state index in [0.29, 0.717) is 16.5 Å². The lowest BCUT2D eigenvalue weighted by Crippen LogP contribution is -2.20. The van der Waals surface area contributed by atoms with E-state index in [0.717, 1.165) is 11.3 Å². The van der Waals surface area contributed by atoms with Crippen LogP contribution >= 0.6 is 11.6 Å². The largest absolute Gasteiger partial charge is 0.484 e. The Hall–Kier alpha value is -2.93. The van der Waals surface area contributed by atoms with E-state index in [2.05, 4.69) is 20.8 Å². The van der Waals surface area contributed by atoms with Crippen LogP contribution in [0.2, 0.25) is 5.02 Å².